The summed E-state index contributed by atoms with van der Waals surface area (Å²) in [7, 11) is 2.25. The SMILES string of the molecule is C=CCOC(=O)[C@H](CSSC[C@@H](NC(=O)OCC1c2ccccc2-c2ccccc21)C(=O)O)NOC(=O)CC=C. The van der Waals surface area contributed by atoms with Crippen molar-refractivity contribution in [1.29, 1.82) is 0 Å². The number of aliphatic carboxylic acids is 1. The average molecular weight is 587 g/mol. The van der Waals surface area contributed by atoms with Gasteiger partial charge in [-0.25, -0.2) is 9.59 Å². The number of hydrogen-bond donors (Lipinski definition) is 3. The summed E-state index contributed by atoms with van der Waals surface area (Å²) >= 11 is 0. The number of carbonyl (C=O) groups excluding carboxylic acids is 3. The van der Waals surface area contributed by atoms with Crippen LogP contribution >= 0.6 is 21.6 Å². The van der Waals surface area contributed by atoms with Gasteiger partial charge in [0.15, 0.2) is 6.04 Å². The Bertz CT molecular complexity index is 1190. The van der Waals surface area contributed by atoms with E-state index in [2.05, 4.69) is 24.0 Å². The lowest BCUT2D eigenvalue weighted by Gasteiger charge is -2.18. The van der Waals surface area contributed by atoms with Crippen LogP contribution in [0.25, 0.3) is 11.1 Å². The van der Waals surface area contributed by atoms with Gasteiger partial charge in [0.05, 0.1) is 6.42 Å². The summed E-state index contributed by atoms with van der Waals surface area (Å²) in [6, 6.07) is 13.5. The van der Waals surface area contributed by atoms with Crippen molar-refractivity contribution >= 4 is 45.6 Å². The van der Waals surface area contributed by atoms with Gasteiger partial charge in [0.1, 0.15) is 19.3 Å². The predicted molar refractivity (Wildman–Crippen MR) is 154 cm³/mol. The predicted octanol–water partition coefficient (Wildman–Crippen LogP) is 4.08. The maximum atomic E-state index is 12.5. The second kappa shape index (κ2) is 15.8. The van der Waals surface area contributed by atoms with Crippen molar-refractivity contribution in [3.63, 3.8) is 0 Å². The van der Waals surface area contributed by atoms with Gasteiger partial charge in [-0.05, 0) is 22.3 Å². The molecule has 1 aliphatic rings. The Labute approximate surface area is 239 Å². The average Bonchev–Trinajstić information content (AvgIpc) is 3.27. The van der Waals surface area contributed by atoms with E-state index in [-0.39, 0.29) is 37.1 Å². The van der Waals surface area contributed by atoms with E-state index in [1.165, 1.54) is 12.2 Å². The number of rotatable bonds is 16. The maximum Gasteiger partial charge on any atom is 0.407 e. The highest BCUT2D eigenvalue weighted by atomic mass is 33.1. The fourth-order valence-corrected chi connectivity index (χ4v) is 6.17. The number of benzene rings is 2. The summed E-state index contributed by atoms with van der Waals surface area (Å²) in [6.45, 7) is 6.94. The molecule has 0 bridgehead atoms. The van der Waals surface area contributed by atoms with E-state index in [0.29, 0.717) is 0 Å². The standard InChI is InChI=1S/C28H30N2O8S2/c1-3-9-25(31)38-30-24(27(34)36-14-4-2)17-40-39-16-23(26(32)33)29-28(35)37-15-22-20-12-7-5-10-18(20)19-11-6-8-13-21(19)22/h3-8,10-13,22-24,30H,1-2,9,14-17H2,(H,29,35)(H,32,33)/t23-,24+/m1/s1. The molecule has 12 heteroatoms. The number of carboxylic acid groups (broad SMARTS) is 1. The molecule has 1 aliphatic carbocycles. The number of alkyl carbamates (subject to hydrolysis) is 1. The summed E-state index contributed by atoms with van der Waals surface area (Å²) in [4.78, 5) is 53.0. The maximum absolute atomic E-state index is 12.5. The van der Waals surface area contributed by atoms with Crippen molar-refractivity contribution < 1.29 is 38.6 Å². The first-order valence-corrected chi connectivity index (χ1v) is 14.8. The van der Waals surface area contributed by atoms with Crippen molar-refractivity contribution in [3.8, 4) is 11.1 Å². The van der Waals surface area contributed by atoms with E-state index in [0.717, 1.165) is 43.8 Å². The number of hydrogen-bond acceptors (Lipinski definition) is 10. The fraction of sp³-hybridized carbons (Fsp3) is 0.286. The molecule has 0 unspecified atom stereocenters. The Balaban J connectivity index is 1.49. The first-order chi connectivity index (χ1) is 19.3. The van der Waals surface area contributed by atoms with Gasteiger partial charge >= 0.3 is 24.0 Å². The van der Waals surface area contributed by atoms with Gasteiger partial charge in [0.2, 0.25) is 0 Å². The van der Waals surface area contributed by atoms with Crippen LogP contribution in [0.5, 0.6) is 0 Å². The van der Waals surface area contributed by atoms with E-state index in [4.69, 9.17) is 14.3 Å². The van der Waals surface area contributed by atoms with E-state index in [1.807, 2.05) is 48.5 Å². The Morgan fingerprint density at radius 2 is 1.50 bits per heavy atom. The highest BCUT2D eigenvalue weighted by Crippen LogP contribution is 2.44. The number of hydroxylamine groups is 1. The van der Waals surface area contributed by atoms with Gasteiger partial charge in [-0.2, -0.15) is 0 Å². The third-order valence-electron chi connectivity index (χ3n) is 5.74. The minimum absolute atomic E-state index is 0.0190. The summed E-state index contributed by atoms with van der Waals surface area (Å²) < 4.78 is 10.5. The summed E-state index contributed by atoms with van der Waals surface area (Å²) in [6.07, 6.45) is 1.86. The molecule has 3 rings (SSSR count). The lowest BCUT2D eigenvalue weighted by atomic mass is 9.98. The van der Waals surface area contributed by atoms with Crippen LogP contribution in [0.1, 0.15) is 23.5 Å². The number of esters is 1. The molecule has 0 saturated carbocycles. The van der Waals surface area contributed by atoms with Crippen molar-refractivity contribution in [2.24, 2.45) is 0 Å². The first kappa shape index (κ1) is 30.8. The molecule has 3 N–H and O–H groups in total. The highest BCUT2D eigenvalue weighted by Gasteiger charge is 2.30. The quantitative estimate of drug-likeness (QED) is 0.0654. The van der Waals surface area contributed by atoms with Crippen LogP contribution in [-0.2, 0) is 28.7 Å². The molecule has 10 nitrogen and oxygen atoms in total. The Hall–Kier alpha value is -3.74. The molecule has 0 fully saturated rings. The molecule has 0 radical (unpaired) electrons. The smallest absolute Gasteiger partial charge is 0.407 e. The number of carbonyl (C=O) groups is 4. The normalized spacial score (nSPS) is 13.2. The lowest BCUT2D eigenvalue weighted by Crippen LogP contribution is -2.43. The number of ether oxygens (including phenoxy) is 2. The fourth-order valence-electron chi connectivity index (χ4n) is 3.88. The van der Waals surface area contributed by atoms with Crippen LogP contribution in [0.4, 0.5) is 4.79 Å². The Morgan fingerprint density at radius 3 is 2.08 bits per heavy atom. The molecule has 40 heavy (non-hydrogen) atoms. The largest absolute Gasteiger partial charge is 0.480 e. The molecular formula is C28H30N2O8S2. The first-order valence-electron chi connectivity index (χ1n) is 12.3. The molecule has 0 aliphatic heterocycles. The van der Waals surface area contributed by atoms with Gasteiger partial charge in [0, 0.05) is 17.4 Å². The second-order valence-electron chi connectivity index (χ2n) is 8.49. The Kier molecular flexibility index (Phi) is 12.1. The van der Waals surface area contributed by atoms with Crippen molar-refractivity contribution in [2.75, 3.05) is 24.7 Å². The number of nitrogens with one attached hydrogen (secondary N) is 2. The van der Waals surface area contributed by atoms with Gasteiger partial charge < -0.3 is 24.7 Å². The van der Waals surface area contributed by atoms with Crippen molar-refractivity contribution in [2.45, 2.75) is 24.4 Å². The number of carboxylic acids is 1. The monoisotopic (exact) mass is 586 g/mol. The summed E-state index contributed by atoms with van der Waals surface area (Å²) in [5.74, 6) is -2.63. The minimum Gasteiger partial charge on any atom is -0.480 e. The molecule has 2 aromatic carbocycles. The van der Waals surface area contributed by atoms with Crippen molar-refractivity contribution in [3.05, 3.63) is 85.0 Å². The number of fused-ring (bicyclic) bond motifs is 3. The van der Waals surface area contributed by atoms with Crippen LogP contribution in [0.2, 0.25) is 0 Å². The van der Waals surface area contributed by atoms with Crippen LogP contribution in [0, 0.1) is 0 Å². The summed E-state index contributed by atoms with van der Waals surface area (Å²) in [5.41, 5.74) is 6.62. The molecular weight excluding hydrogens is 556 g/mol. The lowest BCUT2D eigenvalue weighted by molar-refractivity contribution is -0.158. The molecule has 1 amide bonds. The molecule has 0 spiro atoms. The topological polar surface area (TPSA) is 140 Å². The van der Waals surface area contributed by atoms with E-state index < -0.39 is 36.1 Å². The number of amides is 1. The van der Waals surface area contributed by atoms with Crippen molar-refractivity contribution in [1.82, 2.24) is 10.8 Å². The minimum atomic E-state index is -1.24. The van der Waals surface area contributed by atoms with Gasteiger partial charge in [0.25, 0.3) is 0 Å². The van der Waals surface area contributed by atoms with Crippen LogP contribution in [-0.4, -0.2) is 65.9 Å². The van der Waals surface area contributed by atoms with Gasteiger partial charge in [-0.3, -0.25) is 9.59 Å². The van der Waals surface area contributed by atoms with E-state index in [1.54, 1.807) is 0 Å². The third-order valence-corrected chi connectivity index (χ3v) is 8.16. The molecule has 212 valence electrons. The molecule has 2 aromatic rings. The van der Waals surface area contributed by atoms with Crippen LogP contribution in [0.15, 0.2) is 73.8 Å². The molecule has 2 atom stereocenters. The third kappa shape index (κ3) is 8.63. The van der Waals surface area contributed by atoms with Crippen LogP contribution in [0.3, 0.4) is 0 Å². The van der Waals surface area contributed by atoms with Crippen LogP contribution < -0.4 is 10.8 Å². The zero-order valence-corrected chi connectivity index (χ0v) is 23.2. The second-order valence-corrected chi connectivity index (χ2v) is 11.0. The molecule has 0 heterocycles. The molecule has 0 aromatic heterocycles. The highest BCUT2D eigenvalue weighted by molar-refractivity contribution is 8.76. The molecule has 0 saturated heterocycles. The summed E-state index contributed by atoms with van der Waals surface area (Å²) in [5, 5.41) is 12.0. The van der Waals surface area contributed by atoms with Gasteiger partial charge in [-0.15, -0.1) is 12.1 Å². The van der Waals surface area contributed by atoms with Gasteiger partial charge in [-0.1, -0.05) is 88.8 Å². The Morgan fingerprint density at radius 1 is 0.900 bits per heavy atom. The zero-order chi connectivity index (χ0) is 28.9. The van der Waals surface area contributed by atoms with E-state index in [9.17, 15) is 24.3 Å². The zero-order valence-electron chi connectivity index (χ0n) is 21.6. The van der Waals surface area contributed by atoms with E-state index >= 15 is 0 Å².